The van der Waals surface area contributed by atoms with Crippen molar-refractivity contribution in [3.05, 3.63) is 64.1 Å². The van der Waals surface area contributed by atoms with Crippen molar-refractivity contribution in [1.29, 1.82) is 0 Å². The third-order valence-electron chi connectivity index (χ3n) is 3.28. The average Bonchev–Trinajstić information content (AvgIpc) is 2.60. The second kappa shape index (κ2) is 8.14. The number of ether oxygens (including phenoxy) is 1. The largest absolute Gasteiger partial charge is 0.503 e. The molecule has 0 aliphatic rings. The molecule has 2 rings (SSSR count). The summed E-state index contributed by atoms with van der Waals surface area (Å²) in [4.78, 5) is 24.8. The summed E-state index contributed by atoms with van der Waals surface area (Å²) in [5, 5.41) is 31.4. The van der Waals surface area contributed by atoms with Gasteiger partial charge < -0.3 is 30.4 Å². The Morgan fingerprint density at radius 3 is 2.62 bits per heavy atom. The highest BCUT2D eigenvalue weighted by Crippen LogP contribution is 2.17. The number of benzene rings is 1. The molecule has 5 N–H and O–H groups in total. The van der Waals surface area contributed by atoms with Gasteiger partial charge in [0.1, 0.15) is 18.8 Å². The Labute approximate surface area is 137 Å². The molecule has 24 heavy (non-hydrogen) atoms. The molecule has 0 aliphatic carbocycles. The summed E-state index contributed by atoms with van der Waals surface area (Å²) in [6, 6.07) is 10.1. The third kappa shape index (κ3) is 4.83. The van der Waals surface area contributed by atoms with E-state index in [9.17, 15) is 24.9 Å². The molecule has 2 aromatic rings. The molecule has 0 saturated carbocycles. The number of alkyl carbamates (subject to hydrolysis) is 1. The first kappa shape index (κ1) is 17.5. The Balaban J connectivity index is 1.81. The summed E-state index contributed by atoms with van der Waals surface area (Å²) in [7, 11) is 0. The number of aliphatic hydroxyl groups excluding tert-OH is 2. The van der Waals surface area contributed by atoms with Crippen molar-refractivity contribution in [3.63, 3.8) is 0 Å². The van der Waals surface area contributed by atoms with Gasteiger partial charge in [-0.3, -0.25) is 4.79 Å². The lowest BCUT2D eigenvalue weighted by Gasteiger charge is -2.18. The van der Waals surface area contributed by atoms with Crippen LogP contribution in [-0.2, 0) is 11.3 Å². The van der Waals surface area contributed by atoms with Crippen LogP contribution in [0.2, 0.25) is 0 Å². The van der Waals surface area contributed by atoms with Gasteiger partial charge in [-0.05, 0) is 11.6 Å². The molecular formula is C16H18N2O6. The fraction of sp³-hybridized carbons (Fsp3) is 0.250. The highest BCUT2D eigenvalue weighted by molar-refractivity contribution is 5.67. The molecule has 0 saturated heterocycles. The van der Waals surface area contributed by atoms with Gasteiger partial charge in [0.15, 0.2) is 5.75 Å². The molecule has 2 unspecified atom stereocenters. The van der Waals surface area contributed by atoms with Gasteiger partial charge in [0.25, 0.3) is 5.56 Å². The van der Waals surface area contributed by atoms with Gasteiger partial charge >= 0.3 is 6.09 Å². The minimum Gasteiger partial charge on any atom is -0.503 e. The lowest BCUT2D eigenvalue weighted by Crippen LogP contribution is -2.35. The number of amides is 1. The SMILES string of the molecule is O=C(NCC(O)C(O)c1c[nH]c(=O)c(O)c1)OCc1ccccc1. The number of pyridine rings is 1. The van der Waals surface area contributed by atoms with E-state index >= 15 is 0 Å². The van der Waals surface area contributed by atoms with Gasteiger partial charge in [-0.25, -0.2) is 4.79 Å². The number of hydrogen-bond donors (Lipinski definition) is 5. The number of nitrogens with one attached hydrogen (secondary N) is 2. The number of aliphatic hydroxyl groups is 2. The number of rotatable bonds is 6. The van der Waals surface area contributed by atoms with E-state index in [-0.39, 0.29) is 18.7 Å². The Kier molecular flexibility index (Phi) is 5.94. The lowest BCUT2D eigenvalue weighted by molar-refractivity contribution is 0.0181. The van der Waals surface area contributed by atoms with Crippen LogP contribution in [0.4, 0.5) is 4.79 Å². The van der Waals surface area contributed by atoms with Crippen molar-refractivity contribution in [2.24, 2.45) is 0 Å². The Morgan fingerprint density at radius 2 is 1.96 bits per heavy atom. The van der Waals surface area contributed by atoms with E-state index < -0.39 is 29.6 Å². The fourth-order valence-electron chi connectivity index (χ4n) is 1.95. The van der Waals surface area contributed by atoms with Gasteiger partial charge in [-0.2, -0.15) is 0 Å². The topological polar surface area (TPSA) is 132 Å². The highest BCUT2D eigenvalue weighted by Gasteiger charge is 2.20. The number of hydrogen-bond acceptors (Lipinski definition) is 6. The predicted octanol–water partition coefficient (Wildman–Crippen LogP) is 0.401. The molecule has 0 radical (unpaired) electrons. The van der Waals surface area contributed by atoms with Crippen LogP contribution in [0.3, 0.4) is 0 Å². The molecule has 0 fully saturated rings. The standard InChI is InChI=1S/C16H18N2O6/c19-12-6-11(7-17-15(12)22)14(21)13(20)8-18-16(23)24-9-10-4-2-1-3-5-10/h1-7,13-14,19-21H,8-9H2,(H,17,22)(H,18,23). The smallest absolute Gasteiger partial charge is 0.407 e. The molecular weight excluding hydrogens is 316 g/mol. The second-order valence-electron chi connectivity index (χ2n) is 5.10. The predicted molar refractivity (Wildman–Crippen MR) is 84.3 cm³/mol. The second-order valence-corrected chi connectivity index (χ2v) is 5.10. The van der Waals surface area contributed by atoms with E-state index in [1.807, 2.05) is 18.2 Å². The molecule has 1 heterocycles. The van der Waals surface area contributed by atoms with Crippen molar-refractivity contribution >= 4 is 6.09 Å². The Hall–Kier alpha value is -2.84. The van der Waals surface area contributed by atoms with E-state index in [1.165, 1.54) is 6.20 Å². The van der Waals surface area contributed by atoms with Crippen LogP contribution < -0.4 is 10.9 Å². The number of carbonyl (C=O) groups excluding carboxylic acids is 1. The number of aromatic amines is 1. The van der Waals surface area contributed by atoms with Crippen molar-refractivity contribution in [2.45, 2.75) is 18.8 Å². The van der Waals surface area contributed by atoms with Gasteiger partial charge in [0.05, 0.1) is 0 Å². The maximum absolute atomic E-state index is 11.6. The summed E-state index contributed by atoms with van der Waals surface area (Å²) < 4.78 is 4.97. The summed E-state index contributed by atoms with van der Waals surface area (Å²) in [6.07, 6.45) is -2.32. The zero-order chi connectivity index (χ0) is 17.5. The number of carbonyl (C=O) groups is 1. The molecule has 8 nitrogen and oxygen atoms in total. The van der Waals surface area contributed by atoms with Crippen LogP contribution in [0.25, 0.3) is 0 Å². The van der Waals surface area contributed by atoms with Gasteiger partial charge in [-0.15, -0.1) is 0 Å². The van der Waals surface area contributed by atoms with Gasteiger partial charge in [0.2, 0.25) is 0 Å². The third-order valence-corrected chi connectivity index (χ3v) is 3.28. The van der Waals surface area contributed by atoms with Crippen LogP contribution in [0.5, 0.6) is 5.75 Å². The summed E-state index contributed by atoms with van der Waals surface area (Å²) in [6.45, 7) is -0.187. The molecule has 0 aliphatic heterocycles. The van der Waals surface area contributed by atoms with Gasteiger partial charge in [0, 0.05) is 18.3 Å². The summed E-state index contributed by atoms with van der Waals surface area (Å²) in [5.41, 5.74) is 0.221. The van der Waals surface area contributed by atoms with Gasteiger partial charge in [-0.1, -0.05) is 30.3 Å². The zero-order valence-electron chi connectivity index (χ0n) is 12.7. The van der Waals surface area contributed by atoms with Crippen molar-refractivity contribution in [2.75, 3.05) is 6.54 Å². The minimum atomic E-state index is -1.40. The number of H-pyrrole nitrogens is 1. The molecule has 0 bridgehead atoms. The fourth-order valence-corrected chi connectivity index (χ4v) is 1.95. The molecule has 128 valence electrons. The molecule has 1 amide bonds. The van der Waals surface area contributed by atoms with E-state index in [0.717, 1.165) is 11.6 Å². The van der Waals surface area contributed by atoms with Crippen LogP contribution >= 0.6 is 0 Å². The first-order valence-corrected chi connectivity index (χ1v) is 7.19. The van der Waals surface area contributed by atoms with Crippen LogP contribution in [0, 0.1) is 0 Å². The van der Waals surface area contributed by atoms with Crippen LogP contribution in [0.15, 0.2) is 47.4 Å². The summed E-state index contributed by atoms with van der Waals surface area (Å²) >= 11 is 0. The molecule has 0 spiro atoms. The van der Waals surface area contributed by atoms with Crippen LogP contribution in [-0.4, -0.2) is 39.0 Å². The van der Waals surface area contributed by atoms with E-state index in [2.05, 4.69) is 10.3 Å². The molecule has 2 atom stereocenters. The average molecular weight is 334 g/mol. The van der Waals surface area contributed by atoms with Crippen molar-refractivity contribution in [1.82, 2.24) is 10.3 Å². The van der Waals surface area contributed by atoms with E-state index in [1.54, 1.807) is 12.1 Å². The molecule has 1 aromatic carbocycles. The number of aromatic hydroxyl groups is 1. The van der Waals surface area contributed by atoms with Crippen molar-refractivity contribution in [3.8, 4) is 5.75 Å². The van der Waals surface area contributed by atoms with E-state index in [0.29, 0.717) is 0 Å². The molecule has 1 aromatic heterocycles. The van der Waals surface area contributed by atoms with E-state index in [4.69, 9.17) is 4.74 Å². The summed E-state index contributed by atoms with van der Waals surface area (Å²) in [5.74, 6) is -0.575. The minimum absolute atomic E-state index is 0.0825. The Morgan fingerprint density at radius 1 is 1.25 bits per heavy atom. The Bertz CT molecular complexity index is 731. The monoisotopic (exact) mass is 334 g/mol. The first-order chi connectivity index (χ1) is 11.5. The molecule has 8 heteroatoms. The maximum Gasteiger partial charge on any atom is 0.407 e. The highest BCUT2D eigenvalue weighted by atomic mass is 16.5. The lowest BCUT2D eigenvalue weighted by atomic mass is 10.1. The zero-order valence-corrected chi connectivity index (χ0v) is 12.7. The van der Waals surface area contributed by atoms with Crippen molar-refractivity contribution < 1.29 is 24.9 Å². The maximum atomic E-state index is 11.6. The van der Waals surface area contributed by atoms with Crippen LogP contribution in [0.1, 0.15) is 17.2 Å². The first-order valence-electron chi connectivity index (χ1n) is 7.19. The number of aromatic nitrogens is 1. The normalized spacial score (nSPS) is 13.1. The quantitative estimate of drug-likeness (QED) is 0.519.